The molecule has 0 spiro atoms. The largest absolute Gasteiger partial charge is 0.492 e. The quantitative estimate of drug-likeness (QED) is 0.345. The third-order valence-corrected chi connectivity index (χ3v) is 5.77. The fraction of sp³-hybridized carbons (Fsp3) is 0.0870. The number of fused-ring (bicyclic) bond motifs is 1. The van der Waals surface area contributed by atoms with Crippen LogP contribution in [0.25, 0.3) is 22.0 Å². The van der Waals surface area contributed by atoms with Gasteiger partial charge in [0.25, 0.3) is 5.91 Å². The minimum Gasteiger partial charge on any atom is -0.492 e. The van der Waals surface area contributed by atoms with Gasteiger partial charge in [0.2, 0.25) is 0 Å². The monoisotopic (exact) mass is 467 g/mol. The van der Waals surface area contributed by atoms with Crippen LogP contribution in [-0.4, -0.2) is 22.6 Å². The highest BCUT2D eigenvalue weighted by molar-refractivity contribution is 7.80. The lowest BCUT2D eigenvalue weighted by molar-refractivity contribution is 0.0977. The molecule has 0 bridgehead atoms. The molecule has 0 atom stereocenters. The van der Waals surface area contributed by atoms with Crippen LogP contribution in [0.5, 0.6) is 5.75 Å². The number of thiocarbonyl (C=S) groups is 1. The molecule has 0 saturated carbocycles. The zero-order chi connectivity index (χ0) is 21.8. The van der Waals surface area contributed by atoms with Gasteiger partial charge in [0.15, 0.2) is 10.2 Å². The number of ether oxygens (including phenoxy) is 1. The van der Waals surface area contributed by atoms with E-state index in [1.807, 2.05) is 36.6 Å². The van der Waals surface area contributed by atoms with Crippen molar-refractivity contribution in [3.8, 4) is 17.0 Å². The zero-order valence-corrected chi connectivity index (χ0v) is 18.9. The Morgan fingerprint density at radius 2 is 1.97 bits per heavy atom. The molecule has 1 heterocycles. The predicted octanol–water partition coefficient (Wildman–Crippen LogP) is 6.14. The molecule has 31 heavy (non-hydrogen) atoms. The standard InChI is InChI=1S/C23H18ClN3O2S2/c1-2-29-20-11-10-15(12-18(20)24)21(28)26-22(30)27-23-25-19(13-31-23)17-9-5-7-14-6-3-4-8-16(14)17/h3-13H,2H2,1H3,(H2,25,26,27,28,30). The molecular formula is C23H18ClN3O2S2. The second-order valence-corrected chi connectivity index (χ2v) is 8.22. The van der Waals surface area contributed by atoms with Gasteiger partial charge >= 0.3 is 0 Å². The summed E-state index contributed by atoms with van der Waals surface area (Å²) in [4.78, 5) is 17.1. The molecule has 156 valence electrons. The van der Waals surface area contributed by atoms with Crippen molar-refractivity contribution in [1.82, 2.24) is 10.3 Å². The average molecular weight is 468 g/mol. The van der Waals surface area contributed by atoms with Gasteiger partial charge in [0, 0.05) is 16.5 Å². The SMILES string of the molecule is CCOc1ccc(C(=O)NC(=S)Nc2nc(-c3cccc4ccccc34)cs2)cc1Cl. The summed E-state index contributed by atoms with van der Waals surface area (Å²) < 4.78 is 5.39. The van der Waals surface area contributed by atoms with Gasteiger partial charge in [-0.05, 0) is 48.1 Å². The number of halogens is 1. The van der Waals surface area contributed by atoms with Crippen molar-refractivity contribution >= 4 is 62.1 Å². The molecule has 3 aromatic carbocycles. The van der Waals surface area contributed by atoms with E-state index in [-0.39, 0.29) is 11.0 Å². The van der Waals surface area contributed by atoms with Crippen molar-refractivity contribution in [3.05, 3.63) is 76.6 Å². The summed E-state index contributed by atoms with van der Waals surface area (Å²) in [5.74, 6) is 0.165. The minimum absolute atomic E-state index is 0.161. The zero-order valence-electron chi connectivity index (χ0n) is 16.5. The van der Waals surface area contributed by atoms with Crippen LogP contribution in [0.2, 0.25) is 5.02 Å². The second kappa shape index (κ2) is 9.43. The first-order chi connectivity index (χ1) is 15.0. The number of thiazole rings is 1. The number of nitrogens with one attached hydrogen (secondary N) is 2. The molecule has 8 heteroatoms. The van der Waals surface area contributed by atoms with E-state index in [0.29, 0.717) is 28.1 Å². The molecule has 1 aromatic heterocycles. The molecule has 1 amide bonds. The molecule has 0 aliphatic heterocycles. The number of aromatic nitrogens is 1. The van der Waals surface area contributed by atoms with Gasteiger partial charge in [-0.1, -0.05) is 54.1 Å². The summed E-state index contributed by atoms with van der Waals surface area (Å²) >= 11 is 12.9. The van der Waals surface area contributed by atoms with Gasteiger partial charge in [-0.15, -0.1) is 11.3 Å². The number of benzene rings is 3. The molecule has 0 fully saturated rings. The molecule has 0 saturated heterocycles. The Kier molecular flexibility index (Phi) is 6.46. The lowest BCUT2D eigenvalue weighted by Gasteiger charge is -2.09. The number of rotatable bonds is 5. The number of carbonyl (C=O) groups excluding carboxylic acids is 1. The molecule has 2 N–H and O–H groups in total. The van der Waals surface area contributed by atoms with Crippen molar-refractivity contribution in [3.63, 3.8) is 0 Å². The molecule has 0 aliphatic rings. The van der Waals surface area contributed by atoms with Crippen LogP contribution in [-0.2, 0) is 0 Å². The summed E-state index contributed by atoms with van der Waals surface area (Å²) in [5.41, 5.74) is 2.27. The average Bonchev–Trinajstić information content (AvgIpc) is 3.22. The van der Waals surface area contributed by atoms with Gasteiger partial charge in [-0.3, -0.25) is 10.1 Å². The molecular weight excluding hydrogens is 450 g/mol. The molecule has 5 nitrogen and oxygen atoms in total. The predicted molar refractivity (Wildman–Crippen MR) is 131 cm³/mol. The van der Waals surface area contributed by atoms with E-state index in [1.165, 1.54) is 11.3 Å². The molecule has 0 aliphatic carbocycles. The van der Waals surface area contributed by atoms with Gasteiger partial charge in [-0.25, -0.2) is 4.98 Å². The van der Waals surface area contributed by atoms with Crippen LogP contribution in [0.3, 0.4) is 0 Å². The number of amides is 1. The third kappa shape index (κ3) is 4.85. The van der Waals surface area contributed by atoms with Crippen LogP contribution >= 0.6 is 35.2 Å². The molecule has 4 aromatic rings. The number of hydrogen-bond acceptors (Lipinski definition) is 5. The highest BCUT2D eigenvalue weighted by atomic mass is 35.5. The number of anilines is 1. The van der Waals surface area contributed by atoms with Gasteiger partial charge < -0.3 is 10.1 Å². The van der Waals surface area contributed by atoms with Crippen LogP contribution < -0.4 is 15.4 Å². The topological polar surface area (TPSA) is 63.2 Å². The fourth-order valence-electron chi connectivity index (χ4n) is 3.12. The van der Waals surface area contributed by atoms with Crippen molar-refractivity contribution in [2.24, 2.45) is 0 Å². The maximum Gasteiger partial charge on any atom is 0.257 e. The van der Waals surface area contributed by atoms with E-state index in [9.17, 15) is 4.79 Å². The van der Waals surface area contributed by atoms with E-state index in [2.05, 4.69) is 33.8 Å². The van der Waals surface area contributed by atoms with E-state index in [1.54, 1.807) is 18.2 Å². The van der Waals surface area contributed by atoms with E-state index in [0.717, 1.165) is 22.0 Å². The smallest absolute Gasteiger partial charge is 0.257 e. The molecule has 0 unspecified atom stereocenters. The first kappa shape index (κ1) is 21.2. The normalized spacial score (nSPS) is 10.6. The van der Waals surface area contributed by atoms with Crippen molar-refractivity contribution < 1.29 is 9.53 Å². The first-order valence-electron chi connectivity index (χ1n) is 9.53. The Balaban J connectivity index is 1.44. The Hall–Kier alpha value is -3.00. The summed E-state index contributed by atoms with van der Waals surface area (Å²) in [7, 11) is 0. The first-order valence-corrected chi connectivity index (χ1v) is 11.2. The maximum atomic E-state index is 12.5. The van der Waals surface area contributed by atoms with E-state index in [4.69, 9.17) is 28.6 Å². The van der Waals surface area contributed by atoms with Crippen molar-refractivity contribution in [2.75, 3.05) is 11.9 Å². The summed E-state index contributed by atoms with van der Waals surface area (Å²) in [6.07, 6.45) is 0. The van der Waals surface area contributed by atoms with Crippen molar-refractivity contribution in [1.29, 1.82) is 0 Å². The van der Waals surface area contributed by atoms with Gasteiger partial charge in [0.05, 0.1) is 17.3 Å². The number of carbonyl (C=O) groups is 1. The summed E-state index contributed by atoms with van der Waals surface area (Å²) in [5, 5.41) is 11.0. The number of nitrogens with zero attached hydrogens (tertiary/aromatic N) is 1. The molecule has 0 radical (unpaired) electrons. The maximum absolute atomic E-state index is 12.5. The van der Waals surface area contributed by atoms with Crippen LogP contribution in [0, 0.1) is 0 Å². The lowest BCUT2D eigenvalue weighted by atomic mass is 10.0. The highest BCUT2D eigenvalue weighted by Crippen LogP contribution is 2.31. The summed E-state index contributed by atoms with van der Waals surface area (Å²) in [6, 6.07) is 19.1. The summed E-state index contributed by atoms with van der Waals surface area (Å²) in [6.45, 7) is 2.36. The minimum atomic E-state index is -0.367. The van der Waals surface area contributed by atoms with Crippen LogP contribution in [0.4, 0.5) is 5.13 Å². The Bertz CT molecular complexity index is 1270. The van der Waals surface area contributed by atoms with Gasteiger partial charge in [-0.2, -0.15) is 0 Å². The van der Waals surface area contributed by atoms with E-state index >= 15 is 0 Å². The lowest BCUT2D eigenvalue weighted by Crippen LogP contribution is -2.34. The van der Waals surface area contributed by atoms with Crippen molar-refractivity contribution in [2.45, 2.75) is 6.92 Å². The Labute approximate surface area is 194 Å². The van der Waals surface area contributed by atoms with Crippen LogP contribution in [0.1, 0.15) is 17.3 Å². The van der Waals surface area contributed by atoms with Gasteiger partial charge in [0.1, 0.15) is 5.75 Å². The Morgan fingerprint density at radius 1 is 1.16 bits per heavy atom. The Morgan fingerprint density at radius 3 is 2.77 bits per heavy atom. The van der Waals surface area contributed by atoms with E-state index < -0.39 is 0 Å². The highest BCUT2D eigenvalue weighted by Gasteiger charge is 2.13. The second-order valence-electron chi connectivity index (χ2n) is 6.55. The fourth-order valence-corrected chi connectivity index (χ4v) is 4.33. The van der Waals surface area contributed by atoms with Crippen LogP contribution in [0.15, 0.2) is 66.0 Å². The molecule has 4 rings (SSSR count). The third-order valence-electron chi connectivity index (χ3n) is 4.51. The number of hydrogen-bond donors (Lipinski definition) is 2.